The molecule has 0 radical (unpaired) electrons. The largest absolute Gasteiger partial charge is 0.468 e. The summed E-state index contributed by atoms with van der Waals surface area (Å²) in [7, 11) is 0. The van der Waals surface area contributed by atoms with Crippen LogP contribution in [0.3, 0.4) is 0 Å². The zero-order valence-electron chi connectivity index (χ0n) is 8.71. The molecule has 14 heavy (non-hydrogen) atoms. The molecule has 1 N–H and O–H groups in total. The minimum atomic E-state index is -0.125. The van der Waals surface area contributed by atoms with Gasteiger partial charge in [-0.3, -0.25) is 9.59 Å². The van der Waals surface area contributed by atoms with E-state index in [1.807, 2.05) is 13.8 Å². The van der Waals surface area contributed by atoms with E-state index in [0.717, 1.165) is 12.8 Å². The van der Waals surface area contributed by atoms with Crippen molar-refractivity contribution in [2.45, 2.75) is 39.2 Å². The molecule has 0 aliphatic heterocycles. The summed E-state index contributed by atoms with van der Waals surface area (Å²) >= 11 is 0. The van der Waals surface area contributed by atoms with Crippen LogP contribution in [0, 0.1) is 5.41 Å². The fourth-order valence-corrected chi connectivity index (χ4v) is 1.18. The Kier molecular flexibility index (Phi) is 3.49. The number of carbonyl (C=O) groups excluding carboxylic acids is 2. The number of amides is 1. The molecule has 4 heteroatoms. The highest BCUT2D eigenvalue weighted by molar-refractivity contribution is 5.84. The van der Waals surface area contributed by atoms with E-state index in [2.05, 4.69) is 10.1 Å². The molecule has 0 aromatic rings. The minimum Gasteiger partial charge on any atom is -0.468 e. The van der Waals surface area contributed by atoms with Gasteiger partial charge in [0, 0.05) is 17.9 Å². The maximum absolute atomic E-state index is 11.5. The normalized spacial score (nSPS) is 19.6. The lowest BCUT2D eigenvalue weighted by Gasteiger charge is -2.16. The van der Waals surface area contributed by atoms with Gasteiger partial charge in [0.25, 0.3) is 6.47 Å². The van der Waals surface area contributed by atoms with Gasteiger partial charge in [-0.15, -0.1) is 0 Å². The number of carbonyl (C=O) groups is 2. The molecule has 1 aliphatic carbocycles. The summed E-state index contributed by atoms with van der Waals surface area (Å²) < 4.78 is 4.56. The first-order valence-corrected chi connectivity index (χ1v) is 4.95. The molecule has 1 fully saturated rings. The van der Waals surface area contributed by atoms with Crippen LogP contribution < -0.4 is 5.32 Å². The molecule has 1 amide bonds. The van der Waals surface area contributed by atoms with Gasteiger partial charge in [0.05, 0.1) is 6.61 Å². The van der Waals surface area contributed by atoms with Crippen molar-refractivity contribution in [3.8, 4) is 0 Å². The molecule has 0 heterocycles. The van der Waals surface area contributed by atoms with E-state index in [1.54, 1.807) is 0 Å². The molecule has 1 unspecified atom stereocenters. The number of hydrogen-bond acceptors (Lipinski definition) is 3. The molecule has 1 rings (SSSR count). The Labute approximate surface area is 84.0 Å². The van der Waals surface area contributed by atoms with Crippen molar-refractivity contribution < 1.29 is 14.3 Å². The van der Waals surface area contributed by atoms with Crippen LogP contribution in [0.5, 0.6) is 0 Å². The summed E-state index contributed by atoms with van der Waals surface area (Å²) in [5.41, 5.74) is -0.125. The minimum absolute atomic E-state index is 0.0693. The lowest BCUT2D eigenvalue weighted by atomic mass is 10.1. The van der Waals surface area contributed by atoms with Crippen LogP contribution >= 0.6 is 0 Å². The monoisotopic (exact) mass is 199 g/mol. The van der Waals surface area contributed by atoms with Gasteiger partial charge in [0.2, 0.25) is 5.91 Å². The predicted molar refractivity (Wildman–Crippen MR) is 51.6 cm³/mol. The maximum atomic E-state index is 11.5. The van der Waals surface area contributed by atoms with Crippen LogP contribution in [0.25, 0.3) is 0 Å². The quantitative estimate of drug-likeness (QED) is 0.509. The van der Waals surface area contributed by atoms with Gasteiger partial charge in [-0.25, -0.2) is 0 Å². The molecule has 1 saturated carbocycles. The summed E-state index contributed by atoms with van der Waals surface area (Å²) in [6, 6.07) is 0.0693. The first-order chi connectivity index (χ1) is 6.58. The highest BCUT2D eigenvalue weighted by atomic mass is 16.5. The molecule has 1 aliphatic rings. The Morgan fingerprint density at radius 3 is 2.79 bits per heavy atom. The number of ether oxygens (including phenoxy) is 1. The molecule has 1 atom stereocenters. The molecule has 4 nitrogen and oxygen atoms in total. The van der Waals surface area contributed by atoms with Gasteiger partial charge < -0.3 is 10.1 Å². The molecule has 0 aromatic carbocycles. The molecular formula is C10H17NO3. The van der Waals surface area contributed by atoms with Crippen LogP contribution in [0.15, 0.2) is 0 Å². The first kappa shape index (κ1) is 11.0. The fraction of sp³-hybridized carbons (Fsp3) is 0.800. The van der Waals surface area contributed by atoms with Gasteiger partial charge in [-0.2, -0.15) is 0 Å². The van der Waals surface area contributed by atoms with Crippen LogP contribution in [-0.2, 0) is 14.3 Å². The van der Waals surface area contributed by atoms with Crippen molar-refractivity contribution in [2.75, 3.05) is 6.61 Å². The SMILES string of the molecule is CC(CCOC=O)NC(=O)C1(C)CC1. The summed E-state index contributed by atoms with van der Waals surface area (Å²) in [6.07, 6.45) is 2.63. The lowest BCUT2D eigenvalue weighted by Crippen LogP contribution is -2.37. The summed E-state index contributed by atoms with van der Waals surface area (Å²) in [5.74, 6) is 0.121. The van der Waals surface area contributed by atoms with Gasteiger partial charge in [-0.05, 0) is 19.8 Å². The van der Waals surface area contributed by atoms with E-state index in [4.69, 9.17) is 0 Å². The lowest BCUT2D eigenvalue weighted by molar-refractivity contribution is -0.129. The van der Waals surface area contributed by atoms with Crippen LogP contribution in [0.4, 0.5) is 0 Å². The Hall–Kier alpha value is -1.06. The second-order valence-corrected chi connectivity index (χ2v) is 4.19. The number of nitrogens with one attached hydrogen (secondary N) is 1. The third-order valence-corrected chi connectivity index (χ3v) is 2.66. The van der Waals surface area contributed by atoms with Gasteiger partial charge in [0.15, 0.2) is 0 Å². The molecule has 80 valence electrons. The van der Waals surface area contributed by atoms with Crippen molar-refractivity contribution in [3.05, 3.63) is 0 Å². The highest BCUT2D eigenvalue weighted by Crippen LogP contribution is 2.45. The summed E-state index contributed by atoms with van der Waals surface area (Å²) in [5, 5.41) is 2.91. The molecular weight excluding hydrogens is 182 g/mol. The first-order valence-electron chi connectivity index (χ1n) is 4.95. The number of hydrogen-bond donors (Lipinski definition) is 1. The average molecular weight is 199 g/mol. The smallest absolute Gasteiger partial charge is 0.293 e. The van der Waals surface area contributed by atoms with E-state index in [1.165, 1.54) is 0 Å². The van der Waals surface area contributed by atoms with Crippen molar-refractivity contribution in [1.29, 1.82) is 0 Å². The third kappa shape index (κ3) is 3.01. The number of rotatable bonds is 6. The Morgan fingerprint density at radius 2 is 2.29 bits per heavy atom. The third-order valence-electron chi connectivity index (χ3n) is 2.66. The average Bonchev–Trinajstić information content (AvgIpc) is 2.85. The Bertz CT molecular complexity index is 223. The van der Waals surface area contributed by atoms with E-state index >= 15 is 0 Å². The van der Waals surface area contributed by atoms with Crippen LogP contribution in [0.1, 0.15) is 33.1 Å². The second kappa shape index (κ2) is 4.44. The Balaban J connectivity index is 2.16. The molecule has 0 aromatic heterocycles. The Morgan fingerprint density at radius 1 is 1.64 bits per heavy atom. The highest BCUT2D eigenvalue weighted by Gasteiger charge is 2.44. The van der Waals surface area contributed by atoms with Gasteiger partial charge >= 0.3 is 0 Å². The van der Waals surface area contributed by atoms with Crippen molar-refractivity contribution in [3.63, 3.8) is 0 Å². The molecule has 0 bridgehead atoms. The molecule has 0 spiro atoms. The van der Waals surface area contributed by atoms with Crippen molar-refractivity contribution in [2.24, 2.45) is 5.41 Å². The van der Waals surface area contributed by atoms with E-state index in [0.29, 0.717) is 19.5 Å². The van der Waals surface area contributed by atoms with Gasteiger partial charge in [0.1, 0.15) is 0 Å². The fourth-order valence-electron chi connectivity index (χ4n) is 1.18. The summed E-state index contributed by atoms with van der Waals surface area (Å²) in [4.78, 5) is 21.4. The zero-order chi connectivity index (χ0) is 10.6. The second-order valence-electron chi connectivity index (χ2n) is 4.19. The van der Waals surface area contributed by atoms with E-state index in [-0.39, 0.29) is 17.4 Å². The van der Waals surface area contributed by atoms with E-state index < -0.39 is 0 Å². The van der Waals surface area contributed by atoms with E-state index in [9.17, 15) is 9.59 Å². The van der Waals surface area contributed by atoms with Crippen LogP contribution in [-0.4, -0.2) is 25.0 Å². The maximum Gasteiger partial charge on any atom is 0.293 e. The standard InChI is InChI=1S/C10H17NO3/c1-8(3-6-14-7-12)11-9(13)10(2)4-5-10/h7-8H,3-6H2,1-2H3,(H,11,13). The van der Waals surface area contributed by atoms with Gasteiger partial charge in [-0.1, -0.05) is 6.92 Å². The van der Waals surface area contributed by atoms with Crippen molar-refractivity contribution >= 4 is 12.4 Å². The summed E-state index contributed by atoms with van der Waals surface area (Å²) in [6.45, 7) is 4.67. The topological polar surface area (TPSA) is 55.4 Å². The van der Waals surface area contributed by atoms with Crippen molar-refractivity contribution in [1.82, 2.24) is 5.32 Å². The molecule has 0 saturated heterocycles. The predicted octanol–water partition coefficient (Wildman–Crippen LogP) is 0.854. The zero-order valence-corrected chi connectivity index (χ0v) is 8.71. The van der Waals surface area contributed by atoms with Crippen LogP contribution in [0.2, 0.25) is 0 Å².